The lowest BCUT2D eigenvalue weighted by Gasteiger charge is -2.45. The smallest absolute Gasteiger partial charge is 0.314 e. The molecular weight excluding hydrogens is 375 g/mol. The maximum Gasteiger partial charge on any atom is 0.314 e. The van der Waals surface area contributed by atoms with E-state index in [1.54, 1.807) is 19.1 Å². The van der Waals surface area contributed by atoms with Crippen LogP contribution >= 0.6 is 0 Å². The van der Waals surface area contributed by atoms with Crippen molar-refractivity contribution in [3.05, 3.63) is 41.7 Å². The van der Waals surface area contributed by atoms with Crippen LogP contribution in [0, 0.1) is 48.2 Å². The Labute approximate surface area is 181 Å². The van der Waals surface area contributed by atoms with Gasteiger partial charge >= 0.3 is 5.97 Å². The van der Waals surface area contributed by atoms with Crippen molar-refractivity contribution in [3.63, 3.8) is 0 Å². The molecule has 0 radical (unpaired) electrons. The number of ether oxygens (including phenoxy) is 1. The van der Waals surface area contributed by atoms with Crippen molar-refractivity contribution in [2.45, 2.75) is 78.1 Å². The highest BCUT2D eigenvalue weighted by atomic mass is 19.1. The molecule has 3 aliphatic rings. The third-order valence-electron chi connectivity index (χ3n) is 8.29. The summed E-state index contributed by atoms with van der Waals surface area (Å²) in [6.45, 7) is 3.86. The van der Waals surface area contributed by atoms with Gasteiger partial charge in [0.15, 0.2) is 0 Å². The zero-order valence-electron chi connectivity index (χ0n) is 18.6. The second kappa shape index (κ2) is 9.66. The molecule has 0 aliphatic heterocycles. The van der Waals surface area contributed by atoms with Gasteiger partial charge in [-0.15, -0.1) is 0 Å². The number of benzene rings is 1. The van der Waals surface area contributed by atoms with Crippen molar-refractivity contribution >= 4 is 5.97 Å². The van der Waals surface area contributed by atoms with Crippen LogP contribution in [0.5, 0.6) is 5.75 Å². The van der Waals surface area contributed by atoms with Crippen LogP contribution in [0.4, 0.5) is 4.39 Å². The van der Waals surface area contributed by atoms with Crippen molar-refractivity contribution in [2.24, 2.45) is 35.5 Å². The van der Waals surface area contributed by atoms with Gasteiger partial charge in [0.2, 0.25) is 0 Å². The summed E-state index contributed by atoms with van der Waals surface area (Å²) in [6, 6.07) is 4.67. The monoisotopic (exact) mass is 412 g/mol. The van der Waals surface area contributed by atoms with E-state index in [1.807, 2.05) is 0 Å². The van der Waals surface area contributed by atoms with Gasteiger partial charge in [-0.3, -0.25) is 4.79 Å². The summed E-state index contributed by atoms with van der Waals surface area (Å²) in [5.41, 5.74) is 0.570. The molecule has 3 saturated carbocycles. The molecule has 1 aromatic carbocycles. The predicted molar refractivity (Wildman–Crippen MR) is 119 cm³/mol. The number of carbonyl (C=O) groups excluding carboxylic acids is 1. The minimum atomic E-state index is -0.320. The summed E-state index contributed by atoms with van der Waals surface area (Å²) in [5.74, 6) is 4.13. The fraction of sp³-hybridized carbons (Fsp3) is 0.667. The molecule has 0 heterocycles. The molecule has 4 rings (SSSR count). The Balaban J connectivity index is 1.25. The molecule has 4 unspecified atom stereocenters. The lowest BCUT2D eigenvalue weighted by atomic mass is 9.61. The second-order valence-corrected chi connectivity index (χ2v) is 10.1. The average Bonchev–Trinajstić information content (AvgIpc) is 2.76. The summed E-state index contributed by atoms with van der Waals surface area (Å²) in [7, 11) is 0. The maximum absolute atomic E-state index is 13.7. The van der Waals surface area contributed by atoms with Crippen LogP contribution in [-0.2, 0) is 4.79 Å². The first-order valence-electron chi connectivity index (χ1n) is 12.1. The van der Waals surface area contributed by atoms with Gasteiger partial charge in [0.25, 0.3) is 0 Å². The number of carbonyl (C=O) groups is 1. The summed E-state index contributed by atoms with van der Waals surface area (Å²) >= 11 is 0. The summed E-state index contributed by atoms with van der Waals surface area (Å²) < 4.78 is 19.2. The van der Waals surface area contributed by atoms with E-state index in [2.05, 4.69) is 19.1 Å². The van der Waals surface area contributed by atoms with E-state index in [9.17, 15) is 9.18 Å². The van der Waals surface area contributed by atoms with E-state index < -0.39 is 0 Å². The normalized spacial score (nSPS) is 34.5. The molecule has 0 amide bonds. The van der Waals surface area contributed by atoms with Gasteiger partial charge in [0.05, 0.1) is 5.92 Å². The van der Waals surface area contributed by atoms with Gasteiger partial charge in [-0.1, -0.05) is 18.2 Å². The van der Waals surface area contributed by atoms with E-state index >= 15 is 0 Å². The molecular formula is C27H37FO2. The van der Waals surface area contributed by atoms with Crippen molar-refractivity contribution in [3.8, 4) is 5.75 Å². The quantitative estimate of drug-likeness (QED) is 0.296. The topological polar surface area (TPSA) is 26.3 Å². The van der Waals surface area contributed by atoms with Gasteiger partial charge in [-0.2, -0.15) is 0 Å². The molecule has 3 heteroatoms. The minimum absolute atomic E-state index is 0.0294. The number of esters is 1. The maximum atomic E-state index is 13.7. The molecule has 3 fully saturated rings. The van der Waals surface area contributed by atoms with E-state index in [-0.39, 0.29) is 17.7 Å². The molecule has 3 aliphatic carbocycles. The van der Waals surface area contributed by atoms with Crippen LogP contribution in [0.2, 0.25) is 0 Å². The lowest BCUT2D eigenvalue weighted by molar-refractivity contribution is -0.140. The van der Waals surface area contributed by atoms with Crippen LogP contribution < -0.4 is 4.74 Å². The Morgan fingerprint density at radius 2 is 1.57 bits per heavy atom. The molecule has 1 aromatic rings. The lowest BCUT2D eigenvalue weighted by Crippen LogP contribution is -2.35. The number of fused-ring (bicyclic) bond motifs is 1. The van der Waals surface area contributed by atoms with Crippen LogP contribution in [0.3, 0.4) is 0 Å². The van der Waals surface area contributed by atoms with Crippen LogP contribution in [0.1, 0.15) is 76.7 Å². The van der Waals surface area contributed by atoms with Crippen LogP contribution in [0.25, 0.3) is 0 Å². The Kier molecular flexibility index (Phi) is 6.95. The molecule has 0 spiro atoms. The summed E-state index contributed by atoms with van der Waals surface area (Å²) in [4.78, 5) is 12.6. The first-order valence-corrected chi connectivity index (χ1v) is 12.1. The zero-order valence-corrected chi connectivity index (χ0v) is 18.6. The Morgan fingerprint density at radius 3 is 2.27 bits per heavy atom. The second-order valence-electron chi connectivity index (χ2n) is 10.1. The van der Waals surface area contributed by atoms with E-state index in [0.29, 0.717) is 11.3 Å². The van der Waals surface area contributed by atoms with E-state index in [1.165, 1.54) is 44.6 Å². The predicted octanol–water partition coefficient (Wildman–Crippen LogP) is 7.25. The van der Waals surface area contributed by atoms with E-state index in [4.69, 9.17) is 4.74 Å². The molecule has 4 atom stereocenters. The van der Waals surface area contributed by atoms with Gasteiger partial charge in [0, 0.05) is 6.07 Å². The number of rotatable bonds is 4. The molecule has 2 nitrogen and oxygen atoms in total. The van der Waals surface area contributed by atoms with Crippen molar-refractivity contribution in [1.82, 2.24) is 0 Å². The van der Waals surface area contributed by atoms with Gasteiger partial charge < -0.3 is 4.74 Å². The number of hydrogen-bond donors (Lipinski definition) is 0. The summed E-state index contributed by atoms with van der Waals surface area (Å²) in [6.07, 6.45) is 17.2. The molecule has 0 saturated heterocycles. The molecule has 0 bridgehead atoms. The summed E-state index contributed by atoms with van der Waals surface area (Å²) in [5, 5.41) is 0. The standard InChI is InChI=1S/C27H37FO2/c1-3-4-19-6-7-24-16-23(13-12-22(24)15-19)20-8-10-21(11-9-20)27(29)30-25-14-5-18(2)26(28)17-25/h3-5,14,17,19-24H,6-13,15-16H2,1-2H3/b4-3+. The first-order chi connectivity index (χ1) is 14.5. The Bertz CT molecular complexity index is 762. The Morgan fingerprint density at radius 1 is 0.933 bits per heavy atom. The van der Waals surface area contributed by atoms with Crippen molar-refractivity contribution in [1.29, 1.82) is 0 Å². The largest absolute Gasteiger partial charge is 0.426 e. The highest BCUT2D eigenvalue weighted by molar-refractivity contribution is 5.75. The molecule has 0 aromatic heterocycles. The SMILES string of the molecule is C/C=C/C1CCC2CC(C3CCC(C(=O)Oc4ccc(C)c(F)c4)CC3)CCC2C1. The number of halogens is 1. The van der Waals surface area contributed by atoms with E-state index in [0.717, 1.165) is 55.3 Å². The number of hydrogen-bond acceptors (Lipinski definition) is 2. The third-order valence-corrected chi connectivity index (χ3v) is 8.29. The third kappa shape index (κ3) is 4.98. The molecule has 164 valence electrons. The van der Waals surface area contributed by atoms with Gasteiger partial charge in [-0.05, 0) is 119 Å². The molecule has 0 N–H and O–H groups in total. The minimum Gasteiger partial charge on any atom is -0.426 e. The fourth-order valence-corrected chi connectivity index (χ4v) is 6.50. The highest BCUT2D eigenvalue weighted by Crippen LogP contribution is 2.49. The average molecular weight is 413 g/mol. The zero-order chi connectivity index (χ0) is 21.1. The van der Waals surface area contributed by atoms with Crippen molar-refractivity contribution in [2.75, 3.05) is 0 Å². The van der Waals surface area contributed by atoms with Crippen LogP contribution in [-0.4, -0.2) is 5.97 Å². The fourth-order valence-electron chi connectivity index (χ4n) is 6.50. The van der Waals surface area contributed by atoms with Gasteiger partial charge in [0.1, 0.15) is 11.6 Å². The Hall–Kier alpha value is -1.64. The number of aryl methyl sites for hydroxylation is 1. The first kappa shape index (κ1) is 21.6. The highest BCUT2D eigenvalue weighted by Gasteiger charge is 2.39. The van der Waals surface area contributed by atoms with Crippen molar-refractivity contribution < 1.29 is 13.9 Å². The number of allylic oxidation sites excluding steroid dienone is 2. The van der Waals surface area contributed by atoms with Crippen LogP contribution in [0.15, 0.2) is 30.4 Å². The van der Waals surface area contributed by atoms with Gasteiger partial charge in [-0.25, -0.2) is 4.39 Å². The molecule has 30 heavy (non-hydrogen) atoms.